The van der Waals surface area contributed by atoms with E-state index in [-0.39, 0.29) is 6.61 Å². The number of aliphatic hydroxyl groups excluding tert-OH is 1. The standard InChI is InChI=1S/C7H6Br2O/c8-6-1-2-7(9)5(3-6)4-10/h1-3,10H,4H2. The van der Waals surface area contributed by atoms with E-state index < -0.39 is 0 Å². The van der Waals surface area contributed by atoms with E-state index >= 15 is 0 Å². The lowest BCUT2D eigenvalue weighted by Crippen LogP contribution is -1.83. The van der Waals surface area contributed by atoms with Crippen LogP contribution in [0.15, 0.2) is 27.1 Å². The van der Waals surface area contributed by atoms with Gasteiger partial charge >= 0.3 is 0 Å². The molecular weight excluding hydrogens is 260 g/mol. The third-order valence-electron chi connectivity index (χ3n) is 1.18. The molecule has 0 unspecified atom stereocenters. The average Bonchev–Trinajstić information content (AvgIpc) is 1.94. The lowest BCUT2D eigenvalue weighted by atomic mass is 10.2. The maximum Gasteiger partial charge on any atom is 0.0693 e. The highest BCUT2D eigenvalue weighted by atomic mass is 79.9. The van der Waals surface area contributed by atoms with Gasteiger partial charge in [-0.25, -0.2) is 0 Å². The van der Waals surface area contributed by atoms with Crippen molar-refractivity contribution in [3.8, 4) is 0 Å². The van der Waals surface area contributed by atoms with Crippen molar-refractivity contribution in [2.75, 3.05) is 0 Å². The number of hydrogen-bond acceptors (Lipinski definition) is 1. The van der Waals surface area contributed by atoms with Gasteiger partial charge in [-0.1, -0.05) is 31.9 Å². The summed E-state index contributed by atoms with van der Waals surface area (Å²) < 4.78 is 1.93. The number of hydrogen-bond donors (Lipinski definition) is 1. The van der Waals surface area contributed by atoms with Crippen molar-refractivity contribution < 1.29 is 5.11 Å². The largest absolute Gasteiger partial charge is 0.392 e. The van der Waals surface area contributed by atoms with Gasteiger partial charge in [0.1, 0.15) is 0 Å². The summed E-state index contributed by atoms with van der Waals surface area (Å²) in [5.74, 6) is 0. The van der Waals surface area contributed by atoms with Gasteiger partial charge in [0.25, 0.3) is 0 Å². The van der Waals surface area contributed by atoms with E-state index in [0.29, 0.717) is 0 Å². The quantitative estimate of drug-likeness (QED) is 0.828. The molecule has 1 rings (SSSR count). The highest BCUT2D eigenvalue weighted by Crippen LogP contribution is 2.20. The van der Waals surface area contributed by atoms with Gasteiger partial charge in [-0.2, -0.15) is 0 Å². The summed E-state index contributed by atoms with van der Waals surface area (Å²) >= 11 is 6.61. The second-order valence-electron chi connectivity index (χ2n) is 1.89. The summed E-state index contributed by atoms with van der Waals surface area (Å²) in [6.07, 6.45) is 0. The van der Waals surface area contributed by atoms with Gasteiger partial charge in [0.2, 0.25) is 0 Å². The van der Waals surface area contributed by atoms with Crippen LogP contribution in [0.1, 0.15) is 5.56 Å². The summed E-state index contributed by atoms with van der Waals surface area (Å²) in [7, 11) is 0. The molecule has 1 aromatic rings. The minimum Gasteiger partial charge on any atom is -0.392 e. The van der Waals surface area contributed by atoms with Crippen molar-refractivity contribution in [1.29, 1.82) is 0 Å². The van der Waals surface area contributed by atoms with Crippen LogP contribution >= 0.6 is 31.9 Å². The second-order valence-corrected chi connectivity index (χ2v) is 3.66. The molecule has 0 spiro atoms. The number of halogens is 2. The van der Waals surface area contributed by atoms with Crippen LogP contribution in [-0.4, -0.2) is 5.11 Å². The fourth-order valence-electron chi connectivity index (χ4n) is 0.664. The second kappa shape index (κ2) is 3.51. The maximum atomic E-state index is 8.79. The highest BCUT2D eigenvalue weighted by Gasteiger charge is 1.96. The molecule has 1 nitrogen and oxygen atoms in total. The molecular formula is C7H6Br2O. The summed E-state index contributed by atoms with van der Waals surface area (Å²) in [6, 6.07) is 5.70. The van der Waals surface area contributed by atoms with E-state index in [1.54, 1.807) is 0 Å². The van der Waals surface area contributed by atoms with Crippen molar-refractivity contribution in [2.24, 2.45) is 0 Å². The molecule has 3 heteroatoms. The number of benzene rings is 1. The van der Waals surface area contributed by atoms with Gasteiger partial charge in [-0.05, 0) is 23.8 Å². The van der Waals surface area contributed by atoms with Crippen LogP contribution < -0.4 is 0 Å². The van der Waals surface area contributed by atoms with Gasteiger partial charge in [-0.3, -0.25) is 0 Å². The summed E-state index contributed by atoms with van der Waals surface area (Å²) in [4.78, 5) is 0. The topological polar surface area (TPSA) is 20.2 Å². The Kier molecular flexibility index (Phi) is 2.89. The van der Waals surface area contributed by atoms with Gasteiger partial charge in [0.05, 0.1) is 6.61 Å². The highest BCUT2D eigenvalue weighted by molar-refractivity contribution is 9.11. The zero-order chi connectivity index (χ0) is 7.56. The van der Waals surface area contributed by atoms with Crippen molar-refractivity contribution in [3.63, 3.8) is 0 Å². The van der Waals surface area contributed by atoms with Crippen molar-refractivity contribution in [2.45, 2.75) is 6.61 Å². The first kappa shape index (κ1) is 8.24. The Morgan fingerprint density at radius 1 is 1.30 bits per heavy atom. The van der Waals surface area contributed by atoms with E-state index in [1.165, 1.54) is 0 Å². The molecule has 0 saturated heterocycles. The Morgan fingerprint density at radius 2 is 2.00 bits per heavy atom. The third kappa shape index (κ3) is 1.81. The van der Waals surface area contributed by atoms with E-state index in [4.69, 9.17) is 5.11 Å². The molecule has 0 aliphatic carbocycles. The van der Waals surface area contributed by atoms with Crippen LogP contribution in [0.5, 0.6) is 0 Å². The molecule has 0 aliphatic rings. The molecule has 10 heavy (non-hydrogen) atoms. The van der Waals surface area contributed by atoms with E-state index in [0.717, 1.165) is 14.5 Å². The maximum absolute atomic E-state index is 8.79. The summed E-state index contributed by atoms with van der Waals surface area (Å²) in [6.45, 7) is 0.0695. The fraction of sp³-hybridized carbons (Fsp3) is 0.143. The predicted octanol–water partition coefficient (Wildman–Crippen LogP) is 2.70. The van der Waals surface area contributed by atoms with Gasteiger partial charge < -0.3 is 5.11 Å². The molecule has 0 saturated carbocycles. The van der Waals surface area contributed by atoms with Crippen LogP contribution in [0.4, 0.5) is 0 Å². The molecule has 1 aromatic carbocycles. The van der Waals surface area contributed by atoms with E-state index in [9.17, 15) is 0 Å². The zero-order valence-corrected chi connectivity index (χ0v) is 8.31. The SMILES string of the molecule is OCc1cc(Br)ccc1Br. The lowest BCUT2D eigenvalue weighted by Gasteiger charge is -1.99. The lowest BCUT2D eigenvalue weighted by molar-refractivity contribution is 0.281. The molecule has 1 N–H and O–H groups in total. The predicted molar refractivity (Wildman–Crippen MR) is 47.8 cm³/mol. The first-order valence-electron chi connectivity index (χ1n) is 2.79. The Hall–Kier alpha value is 0.140. The first-order chi connectivity index (χ1) is 4.74. The molecule has 0 heterocycles. The van der Waals surface area contributed by atoms with Crippen molar-refractivity contribution in [3.05, 3.63) is 32.7 Å². The Morgan fingerprint density at radius 3 is 2.50 bits per heavy atom. The Labute approximate surface area is 76.3 Å². The smallest absolute Gasteiger partial charge is 0.0693 e. The molecule has 0 atom stereocenters. The minimum absolute atomic E-state index is 0.0695. The molecule has 0 aliphatic heterocycles. The van der Waals surface area contributed by atoms with Gasteiger partial charge in [-0.15, -0.1) is 0 Å². The average molecular weight is 266 g/mol. The minimum atomic E-state index is 0.0695. The van der Waals surface area contributed by atoms with Gasteiger partial charge in [0, 0.05) is 8.95 Å². The van der Waals surface area contributed by atoms with Crippen LogP contribution in [0, 0.1) is 0 Å². The monoisotopic (exact) mass is 264 g/mol. The van der Waals surface area contributed by atoms with Gasteiger partial charge in [0.15, 0.2) is 0 Å². The van der Waals surface area contributed by atoms with Crippen LogP contribution in [-0.2, 0) is 6.61 Å². The Balaban J connectivity index is 3.09. The Bertz CT molecular complexity index is 235. The molecule has 0 bridgehead atoms. The number of aliphatic hydroxyl groups is 1. The fourth-order valence-corrected chi connectivity index (χ4v) is 1.44. The third-order valence-corrected chi connectivity index (χ3v) is 2.44. The summed E-state index contributed by atoms with van der Waals surface area (Å²) in [5, 5.41) is 8.79. The van der Waals surface area contributed by atoms with Crippen LogP contribution in [0.2, 0.25) is 0 Å². The molecule has 0 amide bonds. The molecule has 0 radical (unpaired) electrons. The first-order valence-corrected chi connectivity index (χ1v) is 4.37. The van der Waals surface area contributed by atoms with Crippen molar-refractivity contribution in [1.82, 2.24) is 0 Å². The zero-order valence-electron chi connectivity index (χ0n) is 5.14. The molecule has 0 fully saturated rings. The molecule has 54 valence electrons. The van der Waals surface area contributed by atoms with Crippen LogP contribution in [0.25, 0.3) is 0 Å². The normalized spacial score (nSPS) is 9.90. The molecule has 0 aromatic heterocycles. The number of rotatable bonds is 1. The van der Waals surface area contributed by atoms with E-state index in [1.807, 2.05) is 18.2 Å². The van der Waals surface area contributed by atoms with Crippen LogP contribution in [0.3, 0.4) is 0 Å². The van der Waals surface area contributed by atoms with E-state index in [2.05, 4.69) is 31.9 Å². The summed E-state index contributed by atoms with van der Waals surface area (Å²) in [5.41, 5.74) is 0.898. The van der Waals surface area contributed by atoms with Crippen molar-refractivity contribution >= 4 is 31.9 Å².